The molecule has 1 aromatic carbocycles. The summed E-state index contributed by atoms with van der Waals surface area (Å²) in [5.41, 5.74) is 2.49. The number of carboxylic acid groups (broad SMARTS) is 1. The maximum absolute atomic E-state index is 12.3. The lowest BCUT2D eigenvalue weighted by Crippen LogP contribution is -2.13. The molecule has 0 bridgehead atoms. The third-order valence-electron chi connectivity index (χ3n) is 3.20. The molecule has 23 heavy (non-hydrogen) atoms. The van der Waals surface area contributed by atoms with Crippen molar-refractivity contribution >= 4 is 29.3 Å². The predicted molar refractivity (Wildman–Crippen MR) is 91.0 cm³/mol. The molecule has 0 saturated heterocycles. The van der Waals surface area contributed by atoms with E-state index >= 15 is 0 Å². The Bertz CT molecular complexity index is 693. The van der Waals surface area contributed by atoms with E-state index in [4.69, 9.17) is 9.52 Å². The highest BCUT2D eigenvalue weighted by Crippen LogP contribution is 2.22. The normalized spacial score (nSPS) is 10.7. The van der Waals surface area contributed by atoms with Gasteiger partial charge in [0.25, 0.3) is 5.91 Å². The standard InChI is InChI=1S/C17H19NO4S/c1-11(2)14-6-7-22-16(14)17(21)18-13-5-3-4-12(8-13)9-23-10-15(19)20/h3-8,11H,9-10H2,1-2H3,(H,18,21)(H,19,20). The summed E-state index contributed by atoms with van der Waals surface area (Å²) >= 11 is 1.32. The van der Waals surface area contributed by atoms with Gasteiger partial charge in [0.05, 0.1) is 12.0 Å². The van der Waals surface area contributed by atoms with E-state index in [0.29, 0.717) is 17.2 Å². The molecule has 1 heterocycles. The highest BCUT2D eigenvalue weighted by atomic mass is 32.2. The molecular weight excluding hydrogens is 314 g/mol. The quantitative estimate of drug-likeness (QED) is 0.801. The molecule has 122 valence electrons. The van der Waals surface area contributed by atoms with Crippen LogP contribution in [0.1, 0.15) is 41.4 Å². The highest BCUT2D eigenvalue weighted by Gasteiger charge is 2.17. The van der Waals surface area contributed by atoms with Crippen LogP contribution in [0.5, 0.6) is 0 Å². The van der Waals surface area contributed by atoms with E-state index in [2.05, 4.69) is 5.32 Å². The average molecular weight is 333 g/mol. The molecule has 2 aromatic rings. The van der Waals surface area contributed by atoms with Gasteiger partial charge in [-0.15, -0.1) is 11.8 Å². The topological polar surface area (TPSA) is 79.5 Å². The fourth-order valence-electron chi connectivity index (χ4n) is 2.14. The van der Waals surface area contributed by atoms with Crippen molar-refractivity contribution in [3.05, 3.63) is 53.5 Å². The van der Waals surface area contributed by atoms with Crippen LogP contribution >= 0.6 is 11.8 Å². The number of hydrogen-bond donors (Lipinski definition) is 2. The Kier molecular flexibility index (Phi) is 5.87. The van der Waals surface area contributed by atoms with Crippen LogP contribution in [-0.2, 0) is 10.5 Å². The molecule has 0 unspecified atom stereocenters. The van der Waals surface area contributed by atoms with Gasteiger partial charge in [-0.3, -0.25) is 9.59 Å². The van der Waals surface area contributed by atoms with Gasteiger partial charge in [-0.1, -0.05) is 26.0 Å². The number of nitrogens with one attached hydrogen (secondary N) is 1. The minimum atomic E-state index is -0.835. The van der Waals surface area contributed by atoms with Crippen molar-refractivity contribution in [3.8, 4) is 0 Å². The molecule has 0 aliphatic carbocycles. The van der Waals surface area contributed by atoms with Gasteiger partial charge in [0.15, 0.2) is 5.76 Å². The fraction of sp³-hybridized carbons (Fsp3) is 0.294. The van der Waals surface area contributed by atoms with Crippen LogP contribution in [0.4, 0.5) is 5.69 Å². The first-order chi connectivity index (χ1) is 11.0. The Morgan fingerprint density at radius 3 is 2.78 bits per heavy atom. The van der Waals surface area contributed by atoms with Gasteiger partial charge in [-0.25, -0.2) is 0 Å². The maximum Gasteiger partial charge on any atom is 0.313 e. The molecule has 0 spiro atoms. The van der Waals surface area contributed by atoms with Gasteiger partial charge in [-0.2, -0.15) is 0 Å². The van der Waals surface area contributed by atoms with Crippen LogP contribution in [0.15, 0.2) is 41.0 Å². The van der Waals surface area contributed by atoms with Crippen LogP contribution in [0.2, 0.25) is 0 Å². The van der Waals surface area contributed by atoms with E-state index in [-0.39, 0.29) is 17.6 Å². The number of hydrogen-bond acceptors (Lipinski definition) is 4. The maximum atomic E-state index is 12.3. The number of anilines is 1. The van der Waals surface area contributed by atoms with Gasteiger partial charge in [0, 0.05) is 17.0 Å². The third kappa shape index (κ3) is 4.89. The fourth-order valence-corrected chi connectivity index (χ4v) is 2.83. The zero-order valence-corrected chi connectivity index (χ0v) is 13.9. The molecule has 0 aliphatic heterocycles. The van der Waals surface area contributed by atoms with E-state index in [1.165, 1.54) is 18.0 Å². The number of carbonyl (C=O) groups excluding carboxylic acids is 1. The minimum absolute atomic E-state index is 0.0563. The van der Waals surface area contributed by atoms with E-state index in [1.54, 1.807) is 12.1 Å². The van der Waals surface area contributed by atoms with Gasteiger partial charge in [0.2, 0.25) is 0 Å². The number of furan rings is 1. The van der Waals surface area contributed by atoms with Crippen LogP contribution in [0.25, 0.3) is 0 Å². The second kappa shape index (κ2) is 7.87. The smallest absolute Gasteiger partial charge is 0.313 e. The summed E-state index contributed by atoms with van der Waals surface area (Å²) in [6.45, 7) is 4.00. The molecule has 6 heteroatoms. The monoisotopic (exact) mass is 333 g/mol. The van der Waals surface area contributed by atoms with Gasteiger partial charge >= 0.3 is 5.97 Å². The summed E-state index contributed by atoms with van der Waals surface area (Å²) in [6.07, 6.45) is 1.52. The number of benzene rings is 1. The molecular formula is C17H19NO4S. The average Bonchev–Trinajstić information content (AvgIpc) is 2.97. The minimum Gasteiger partial charge on any atom is -0.481 e. The first kappa shape index (κ1) is 17.1. The van der Waals surface area contributed by atoms with Gasteiger partial charge in [-0.05, 0) is 29.7 Å². The lowest BCUT2D eigenvalue weighted by Gasteiger charge is -2.08. The summed E-state index contributed by atoms with van der Waals surface area (Å²) in [5, 5.41) is 11.5. The largest absolute Gasteiger partial charge is 0.481 e. The Morgan fingerprint density at radius 2 is 2.09 bits per heavy atom. The van der Waals surface area contributed by atoms with Crippen LogP contribution in [0.3, 0.4) is 0 Å². The summed E-state index contributed by atoms with van der Waals surface area (Å²) in [5.74, 6) is 0.0424. The van der Waals surface area contributed by atoms with E-state index in [9.17, 15) is 9.59 Å². The lowest BCUT2D eigenvalue weighted by atomic mass is 10.0. The lowest BCUT2D eigenvalue weighted by molar-refractivity contribution is -0.133. The van der Waals surface area contributed by atoms with Crippen molar-refractivity contribution in [3.63, 3.8) is 0 Å². The van der Waals surface area contributed by atoms with E-state index in [1.807, 2.05) is 32.0 Å². The van der Waals surface area contributed by atoms with E-state index < -0.39 is 5.97 Å². The molecule has 2 N–H and O–H groups in total. The summed E-state index contributed by atoms with van der Waals surface area (Å²) in [4.78, 5) is 22.9. The number of thioether (sulfide) groups is 1. The Labute approximate surface area is 139 Å². The van der Waals surface area contributed by atoms with Crippen molar-refractivity contribution in [2.45, 2.75) is 25.5 Å². The molecule has 0 radical (unpaired) electrons. The van der Waals surface area contributed by atoms with Crippen molar-refractivity contribution in [1.82, 2.24) is 0 Å². The van der Waals surface area contributed by atoms with Crippen molar-refractivity contribution < 1.29 is 19.1 Å². The predicted octanol–water partition coefficient (Wildman–Crippen LogP) is 3.97. The van der Waals surface area contributed by atoms with Gasteiger partial charge in [0.1, 0.15) is 0 Å². The summed E-state index contributed by atoms with van der Waals surface area (Å²) in [7, 11) is 0. The number of carboxylic acids is 1. The number of rotatable bonds is 7. The first-order valence-electron chi connectivity index (χ1n) is 7.24. The Morgan fingerprint density at radius 1 is 1.30 bits per heavy atom. The zero-order valence-electron chi connectivity index (χ0n) is 13.0. The van der Waals surface area contributed by atoms with Crippen molar-refractivity contribution in [2.24, 2.45) is 0 Å². The van der Waals surface area contributed by atoms with Crippen molar-refractivity contribution in [1.29, 1.82) is 0 Å². The second-order valence-corrected chi connectivity index (χ2v) is 6.39. The molecule has 0 fully saturated rings. The first-order valence-corrected chi connectivity index (χ1v) is 8.40. The number of amides is 1. The Balaban J connectivity index is 2.03. The molecule has 1 amide bonds. The third-order valence-corrected chi connectivity index (χ3v) is 4.19. The highest BCUT2D eigenvalue weighted by molar-refractivity contribution is 7.99. The van der Waals surface area contributed by atoms with Crippen LogP contribution in [0, 0.1) is 0 Å². The number of carbonyl (C=O) groups is 2. The summed E-state index contributed by atoms with van der Waals surface area (Å²) in [6, 6.07) is 9.17. The second-order valence-electron chi connectivity index (χ2n) is 5.40. The van der Waals surface area contributed by atoms with Crippen molar-refractivity contribution in [2.75, 3.05) is 11.1 Å². The van der Waals surface area contributed by atoms with Crippen LogP contribution < -0.4 is 5.32 Å². The Hall–Kier alpha value is -2.21. The molecule has 0 saturated carbocycles. The van der Waals surface area contributed by atoms with Gasteiger partial charge < -0.3 is 14.8 Å². The number of aliphatic carboxylic acids is 1. The van der Waals surface area contributed by atoms with Crippen LogP contribution in [-0.4, -0.2) is 22.7 Å². The molecule has 5 nitrogen and oxygen atoms in total. The zero-order chi connectivity index (χ0) is 16.8. The SMILES string of the molecule is CC(C)c1ccoc1C(=O)Nc1cccc(CSCC(=O)O)c1. The summed E-state index contributed by atoms with van der Waals surface area (Å²) < 4.78 is 5.30. The molecule has 0 atom stereocenters. The molecule has 1 aromatic heterocycles. The molecule has 2 rings (SSSR count). The molecule has 0 aliphatic rings. The van der Waals surface area contributed by atoms with E-state index in [0.717, 1.165) is 11.1 Å².